The van der Waals surface area contributed by atoms with Crippen molar-refractivity contribution in [2.45, 2.75) is 33.1 Å². The van der Waals surface area contributed by atoms with E-state index < -0.39 is 10.8 Å². The second-order valence-electron chi connectivity index (χ2n) is 4.50. The minimum Gasteiger partial charge on any atom is -0.469 e. The first-order valence-corrected chi connectivity index (χ1v) is 5.09. The van der Waals surface area contributed by atoms with Crippen molar-refractivity contribution in [2.24, 2.45) is 10.8 Å². The molecule has 2 atom stereocenters. The Morgan fingerprint density at radius 3 is 1.53 bits per heavy atom. The van der Waals surface area contributed by atoms with Gasteiger partial charge in [0.2, 0.25) is 0 Å². The van der Waals surface area contributed by atoms with Gasteiger partial charge in [-0.1, -0.05) is 6.42 Å². The number of esters is 2. The van der Waals surface area contributed by atoms with Gasteiger partial charge in [0.25, 0.3) is 0 Å². The van der Waals surface area contributed by atoms with Gasteiger partial charge in [-0.05, 0) is 26.7 Å². The van der Waals surface area contributed by atoms with E-state index >= 15 is 0 Å². The van der Waals surface area contributed by atoms with Gasteiger partial charge < -0.3 is 9.47 Å². The molecule has 0 saturated heterocycles. The van der Waals surface area contributed by atoms with Gasteiger partial charge in [-0.2, -0.15) is 0 Å². The Morgan fingerprint density at radius 1 is 0.933 bits per heavy atom. The molecule has 1 aliphatic carbocycles. The number of rotatable bonds is 2. The van der Waals surface area contributed by atoms with Crippen LogP contribution in [0.3, 0.4) is 0 Å². The fourth-order valence-electron chi connectivity index (χ4n) is 2.45. The molecule has 4 nitrogen and oxygen atoms in total. The lowest BCUT2D eigenvalue weighted by atomic mass is 9.68. The molecule has 1 fully saturated rings. The third-order valence-corrected chi connectivity index (χ3v) is 3.84. The molecule has 0 aromatic carbocycles. The highest BCUT2D eigenvalue weighted by atomic mass is 16.5. The van der Waals surface area contributed by atoms with E-state index in [0.717, 1.165) is 6.42 Å². The van der Waals surface area contributed by atoms with E-state index in [-0.39, 0.29) is 11.9 Å². The molecule has 1 rings (SSSR count). The van der Waals surface area contributed by atoms with E-state index in [9.17, 15) is 9.59 Å². The molecule has 0 radical (unpaired) electrons. The van der Waals surface area contributed by atoms with Gasteiger partial charge >= 0.3 is 11.9 Å². The molecule has 1 saturated carbocycles. The predicted molar refractivity (Wildman–Crippen MR) is 54.1 cm³/mol. The van der Waals surface area contributed by atoms with Gasteiger partial charge in [-0.15, -0.1) is 0 Å². The summed E-state index contributed by atoms with van der Waals surface area (Å²) < 4.78 is 9.56. The lowest BCUT2D eigenvalue weighted by Crippen LogP contribution is -2.46. The highest BCUT2D eigenvalue weighted by molar-refractivity contribution is 5.88. The lowest BCUT2D eigenvalue weighted by molar-refractivity contribution is -0.172. The number of methoxy groups -OCH3 is 2. The molecule has 0 heterocycles. The van der Waals surface area contributed by atoms with Crippen LogP contribution in [0, 0.1) is 10.8 Å². The SMILES string of the molecule is COC(=O)C1(C)CCCC1(C)C(=O)OC. The number of hydrogen-bond donors (Lipinski definition) is 0. The molecular formula is C11H18O4. The molecule has 4 heteroatoms. The molecule has 0 amide bonds. The first-order valence-electron chi connectivity index (χ1n) is 5.09. The normalized spacial score (nSPS) is 34.9. The zero-order valence-electron chi connectivity index (χ0n) is 9.75. The molecule has 0 spiro atoms. The monoisotopic (exact) mass is 214 g/mol. The van der Waals surface area contributed by atoms with Crippen molar-refractivity contribution >= 4 is 11.9 Å². The van der Waals surface area contributed by atoms with Gasteiger partial charge in [0.05, 0.1) is 25.0 Å². The number of carbonyl (C=O) groups is 2. The molecule has 86 valence electrons. The van der Waals surface area contributed by atoms with E-state index in [1.165, 1.54) is 14.2 Å². The third-order valence-electron chi connectivity index (χ3n) is 3.84. The lowest BCUT2D eigenvalue weighted by Gasteiger charge is -2.35. The summed E-state index contributed by atoms with van der Waals surface area (Å²) in [7, 11) is 2.70. The molecule has 0 aliphatic heterocycles. The van der Waals surface area contributed by atoms with Gasteiger partial charge in [-0.25, -0.2) is 0 Å². The maximum absolute atomic E-state index is 11.7. The first kappa shape index (κ1) is 12.0. The first-order chi connectivity index (χ1) is 6.92. The molecule has 0 N–H and O–H groups in total. The second-order valence-corrected chi connectivity index (χ2v) is 4.50. The Balaban J connectivity index is 3.08. The van der Waals surface area contributed by atoms with Crippen molar-refractivity contribution in [3.05, 3.63) is 0 Å². The zero-order valence-corrected chi connectivity index (χ0v) is 9.75. The largest absolute Gasteiger partial charge is 0.469 e. The van der Waals surface area contributed by atoms with Gasteiger partial charge in [0.15, 0.2) is 0 Å². The Bertz CT molecular complexity index is 258. The molecule has 15 heavy (non-hydrogen) atoms. The van der Waals surface area contributed by atoms with Crippen LogP contribution < -0.4 is 0 Å². The Hall–Kier alpha value is -1.06. The summed E-state index contributed by atoms with van der Waals surface area (Å²) in [6, 6.07) is 0. The van der Waals surface area contributed by atoms with Crippen molar-refractivity contribution in [2.75, 3.05) is 14.2 Å². The number of ether oxygens (including phenoxy) is 2. The Morgan fingerprint density at radius 2 is 1.27 bits per heavy atom. The Kier molecular flexibility index (Phi) is 3.07. The van der Waals surface area contributed by atoms with Crippen LogP contribution in [0.2, 0.25) is 0 Å². The maximum Gasteiger partial charge on any atom is 0.312 e. The number of hydrogen-bond acceptors (Lipinski definition) is 4. The molecule has 0 bridgehead atoms. The van der Waals surface area contributed by atoms with Crippen molar-refractivity contribution in [1.29, 1.82) is 0 Å². The van der Waals surface area contributed by atoms with Crippen molar-refractivity contribution in [1.82, 2.24) is 0 Å². The quantitative estimate of drug-likeness (QED) is 0.654. The average molecular weight is 214 g/mol. The summed E-state index contributed by atoms with van der Waals surface area (Å²) >= 11 is 0. The van der Waals surface area contributed by atoms with E-state index in [2.05, 4.69) is 0 Å². The molecule has 1 aliphatic rings. The standard InChI is InChI=1S/C11H18O4/c1-10(8(12)14-3)6-5-7-11(10,2)9(13)15-4/h5-7H2,1-4H3. The van der Waals surface area contributed by atoms with Crippen LogP contribution in [0.5, 0.6) is 0 Å². The fourth-order valence-corrected chi connectivity index (χ4v) is 2.45. The van der Waals surface area contributed by atoms with E-state index in [1.807, 2.05) is 0 Å². The van der Waals surface area contributed by atoms with Crippen LogP contribution in [-0.4, -0.2) is 26.2 Å². The summed E-state index contributed by atoms with van der Waals surface area (Å²) in [6.07, 6.45) is 2.19. The van der Waals surface area contributed by atoms with Crippen LogP contribution in [0.4, 0.5) is 0 Å². The summed E-state index contributed by atoms with van der Waals surface area (Å²) in [5, 5.41) is 0. The average Bonchev–Trinajstić information content (AvgIpc) is 2.55. The van der Waals surface area contributed by atoms with Gasteiger partial charge in [-0.3, -0.25) is 9.59 Å². The van der Waals surface area contributed by atoms with E-state index in [0.29, 0.717) is 12.8 Å². The van der Waals surface area contributed by atoms with Gasteiger partial charge in [0, 0.05) is 0 Å². The van der Waals surface area contributed by atoms with Crippen LogP contribution >= 0.6 is 0 Å². The van der Waals surface area contributed by atoms with E-state index in [4.69, 9.17) is 9.47 Å². The van der Waals surface area contributed by atoms with Crippen molar-refractivity contribution < 1.29 is 19.1 Å². The molecule has 0 aromatic rings. The van der Waals surface area contributed by atoms with Gasteiger partial charge in [0.1, 0.15) is 0 Å². The third kappa shape index (κ3) is 1.52. The summed E-state index contributed by atoms with van der Waals surface area (Å²) in [5.74, 6) is -0.652. The van der Waals surface area contributed by atoms with Crippen LogP contribution in [0.1, 0.15) is 33.1 Å². The highest BCUT2D eigenvalue weighted by Gasteiger charge is 2.59. The van der Waals surface area contributed by atoms with E-state index in [1.54, 1.807) is 13.8 Å². The highest BCUT2D eigenvalue weighted by Crippen LogP contribution is 2.53. The topological polar surface area (TPSA) is 52.6 Å². The van der Waals surface area contributed by atoms with Crippen LogP contribution in [0.15, 0.2) is 0 Å². The van der Waals surface area contributed by atoms with Crippen molar-refractivity contribution in [3.63, 3.8) is 0 Å². The van der Waals surface area contributed by atoms with Crippen molar-refractivity contribution in [3.8, 4) is 0 Å². The minimum absolute atomic E-state index is 0.326. The summed E-state index contributed by atoms with van der Waals surface area (Å²) in [4.78, 5) is 23.5. The zero-order chi connectivity index (χ0) is 11.7. The Labute approximate surface area is 89.9 Å². The number of carbonyl (C=O) groups excluding carboxylic acids is 2. The molecular weight excluding hydrogens is 196 g/mol. The summed E-state index contributed by atoms with van der Waals surface area (Å²) in [5.41, 5.74) is -1.51. The summed E-state index contributed by atoms with van der Waals surface area (Å²) in [6.45, 7) is 3.56. The predicted octanol–water partition coefficient (Wildman–Crippen LogP) is 1.53. The molecule has 0 aromatic heterocycles. The minimum atomic E-state index is -0.755. The second kappa shape index (κ2) is 3.83. The van der Waals surface area contributed by atoms with Crippen LogP contribution in [-0.2, 0) is 19.1 Å². The fraction of sp³-hybridized carbons (Fsp3) is 0.818. The maximum atomic E-state index is 11.7. The van der Waals surface area contributed by atoms with Crippen LogP contribution in [0.25, 0.3) is 0 Å². The smallest absolute Gasteiger partial charge is 0.312 e. The molecule has 2 unspecified atom stereocenters.